The van der Waals surface area contributed by atoms with Gasteiger partial charge in [0.05, 0.1) is 11.2 Å². The Hall–Kier alpha value is -3.83. The van der Waals surface area contributed by atoms with Gasteiger partial charge in [-0.1, -0.05) is 24.0 Å². The first-order valence-electron chi connectivity index (χ1n) is 8.46. The van der Waals surface area contributed by atoms with Crippen LogP contribution in [0, 0.1) is 18.8 Å². The molecule has 138 valence electrons. The van der Waals surface area contributed by atoms with Crippen molar-refractivity contribution in [2.24, 2.45) is 0 Å². The number of anilines is 1. The predicted octanol–water partition coefficient (Wildman–Crippen LogP) is 2.22. The van der Waals surface area contributed by atoms with Gasteiger partial charge in [-0.3, -0.25) is 0 Å². The molecule has 8 heteroatoms. The van der Waals surface area contributed by atoms with Crippen molar-refractivity contribution in [1.29, 1.82) is 0 Å². The Bertz CT molecular complexity index is 1240. The van der Waals surface area contributed by atoms with Crippen LogP contribution in [0.3, 0.4) is 0 Å². The van der Waals surface area contributed by atoms with Crippen molar-refractivity contribution in [1.82, 2.24) is 25.1 Å². The molecule has 0 amide bonds. The van der Waals surface area contributed by atoms with Crippen LogP contribution in [0.4, 0.5) is 5.82 Å². The van der Waals surface area contributed by atoms with Crippen molar-refractivity contribution in [3.05, 3.63) is 60.1 Å². The van der Waals surface area contributed by atoms with Gasteiger partial charge in [-0.15, -0.1) is 10.2 Å². The van der Waals surface area contributed by atoms with Crippen LogP contribution in [0.2, 0.25) is 0 Å². The van der Waals surface area contributed by atoms with Crippen LogP contribution in [0.15, 0.2) is 47.1 Å². The van der Waals surface area contributed by atoms with Crippen LogP contribution in [0.5, 0.6) is 0 Å². The van der Waals surface area contributed by atoms with Crippen LogP contribution in [0.25, 0.3) is 22.3 Å². The molecule has 8 nitrogen and oxygen atoms in total. The summed E-state index contributed by atoms with van der Waals surface area (Å²) in [5.41, 5.74) is 7.85. The Morgan fingerprint density at radius 2 is 2.00 bits per heavy atom. The summed E-state index contributed by atoms with van der Waals surface area (Å²) in [5.74, 6) is 6.47. The summed E-state index contributed by atoms with van der Waals surface area (Å²) in [6.07, 6.45) is 1.41. The average Bonchev–Trinajstić information content (AvgIpc) is 3.14. The maximum atomic E-state index is 10.5. The Labute approximate surface area is 160 Å². The van der Waals surface area contributed by atoms with Crippen molar-refractivity contribution in [3.8, 4) is 23.1 Å². The van der Waals surface area contributed by atoms with Crippen LogP contribution >= 0.6 is 0 Å². The summed E-state index contributed by atoms with van der Waals surface area (Å²) in [5, 5.41) is 18.0. The molecule has 28 heavy (non-hydrogen) atoms. The summed E-state index contributed by atoms with van der Waals surface area (Å²) in [7, 11) is 0. The SMILES string of the molecule is Cc1nnc(C(C)(O)C#Cc2cccc(-c3ccc4ncnc(N)c4n3)c2)o1. The minimum atomic E-state index is -1.55. The van der Waals surface area contributed by atoms with Gasteiger partial charge in [-0.05, 0) is 31.2 Å². The lowest BCUT2D eigenvalue weighted by Crippen LogP contribution is -2.19. The van der Waals surface area contributed by atoms with Crippen molar-refractivity contribution < 1.29 is 9.52 Å². The third-order valence-electron chi connectivity index (χ3n) is 4.06. The van der Waals surface area contributed by atoms with Gasteiger partial charge < -0.3 is 15.3 Å². The van der Waals surface area contributed by atoms with E-state index in [1.54, 1.807) is 6.92 Å². The van der Waals surface area contributed by atoms with E-state index in [2.05, 4.69) is 37.0 Å². The van der Waals surface area contributed by atoms with E-state index in [0.717, 1.165) is 11.3 Å². The molecule has 0 aliphatic carbocycles. The highest BCUT2D eigenvalue weighted by Gasteiger charge is 2.27. The van der Waals surface area contributed by atoms with Crippen molar-refractivity contribution >= 4 is 16.9 Å². The van der Waals surface area contributed by atoms with E-state index in [-0.39, 0.29) is 5.89 Å². The smallest absolute Gasteiger partial charge is 0.260 e. The zero-order valence-electron chi connectivity index (χ0n) is 15.2. The zero-order valence-corrected chi connectivity index (χ0v) is 15.2. The summed E-state index contributed by atoms with van der Waals surface area (Å²) >= 11 is 0. The molecule has 1 atom stereocenters. The molecule has 1 aromatic carbocycles. The topological polar surface area (TPSA) is 124 Å². The summed E-state index contributed by atoms with van der Waals surface area (Å²) in [6.45, 7) is 3.16. The molecule has 3 aromatic heterocycles. The number of nitrogens with zero attached hydrogens (tertiary/aromatic N) is 5. The monoisotopic (exact) mass is 372 g/mol. The van der Waals surface area contributed by atoms with Crippen LogP contribution in [-0.2, 0) is 5.60 Å². The number of nitrogen functional groups attached to an aromatic ring is 1. The standard InChI is InChI=1S/C20H16N6O2/c1-12-25-26-19(28-12)20(2,27)9-8-13-4-3-5-14(10-13)15-6-7-16-17(24-15)18(21)23-11-22-16/h3-7,10-11,27H,1-2H3,(H2,21,22,23). The van der Waals surface area contributed by atoms with Gasteiger partial charge in [0.2, 0.25) is 11.5 Å². The minimum absolute atomic E-state index is 0.0559. The van der Waals surface area contributed by atoms with E-state index in [1.807, 2.05) is 36.4 Å². The molecular weight excluding hydrogens is 356 g/mol. The van der Waals surface area contributed by atoms with Gasteiger partial charge in [-0.25, -0.2) is 15.0 Å². The fourth-order valence-electron chi connectivity index (χ4n) is 2.62. The number of aromatic nitrogens is 5. The van der Waals surface area contributed by atoms with Gasteiger partial charge >= 0.3 is 0 Å². The number of benzene rings is 1. The van der Waals surface area contributed by atoms with Gasteiger partial charge in [0.1, 0.15) is 11.8 Å². The first-order valence-corrected chi connectivity index (χ1v) is 8.46. The van der Waals surface area contributed by atoms with Crippen LogP contribution in [0.1, 0.15) is 24.3 Å². The number of hydrogen-bond donors (Lipinski definition) is 2. The molecule has 3 N–H and O–H groups in total. The molecular formula is C20H16N6O2. The van der Waals surface area contributed by atoms with E-state index in [0.29, 0.717) is 28.3 Å². The van der Waals surface area contributed by atoms with Gasteiger partial charge in [-0.2, -0.15) is 0 Å². The van der Waals surface area contributed by atoms with Gasteiger partial charge in [0.25, 0.3) is 5.89 Å². The Morgan fingerprint density at radius 3 is 2.79 bits per heavy atom. The predicted molar refractivity (Wildman–Crippen MR) is 103 cm³/mol. The van der Waals surface area contributed by atoms with E-state index in [9.17, 15) is 5.11 Å². The van der Waals surface area contributed by atoms with E-state index in [4.69, 9.17) is 10.2 Å². The van der Waals surface area contributed by atoms with Crippen LogP contribution in [-0.4, -0.2) is 30.3 Å². The normalized spacial score (nSPS) is 13.0. The molecule has 0 saturated heterocycles. The molecule has 0 saturated carbocycles. The average molecular weight is 372 g/mol. The third kappa shape index (κ3) is 3.39. The second-order valence-electron chi connectivity index (χ2n) is 6.35. The van der Waals surface area contributed by atoms with Crippen molar-refractivity contribution in [2.75, 3.05) is 5.73 Å². The molecule has 4 rings (SSSR count). The highest BCUT2D eigenvalue weighted by atomic mass is 16.4. The maximum Gasteiger partial charge on any atom is 0.260 e. The van der Waals surface area contributed by atoms with E-state index >= 15 is 0 Å². The summed E-state index contributed by atoms with van der Waals surface area (Å²) in [4.78, 5) is 12.7. The largest absolute Gasteiger partial charge is 0.421 e. The van der Waals surface area contributed by atoms with Crippen LogP contribution < -0.4 is 5.73 Å². The first kappa shape index (κ1) is 17.6. The lowest BCUT2D eigenvalue weighted by Gasteiger charge is -2.10. The molecule has 1 unspecified atom stereocenters. The molecule has 4 aromatic rings. The highest BCUT2D eigenvalue weighted by molar-refractivity contribution is 5.85. The lowest BCUT2D eigenvalue weighted by atomic mass is 10.0. The zero-order chi connectivity index (χ0) is 19.7. The van der Waals surface area contributed by atoms with Gasteiger partial charge in [0, 0.05) is 18.1 Å². The lowest BCUT2D eigenvalue weighted by molar-refractivity contribution is 0.0881. The fourth-order valence-corrected chi connectivity index (χ4v) is 2.62. The van der Waals surface area contributed by atoms with Gasteiger partial charge in [0.15, 0.2) is 5.82 Å². The Kier molecular flexibility index (Phi) is 4.22. The number of aliphatic hydroxyl groups is 1. The number of fused-ring (bicyclic) bond motifs is 1. The number of aryl methyl sites for hydroxylation is 1. The Balaban J connectivity index is 1.69. The number of rotatable bonds is 2. The molecule has 0 bridgehead atoms. The van der Waals surface area contributed by atoms with E-state index < -0.39 is 5.60 Å². The van der Waals surface area contributed by atoms with E-state index in [1.165, 1.54) is 13.3 Å². The summed E-state index contributed by atoms with van der Waals surface area (Å²) in [6, 6.07) is 11.2. The van der Waals surface area contributed by atoms with Crippen molar-refractivity contribution in [2.45, 2.75) is 19.4 Å². The second-order valence-corrected chi connectivity index (χ2v) is 6.35. The minimum Gasteiger partial charge on any atom is -0.421 e. The molecule has 0 radical (unpaired) electrons. The quantitative estimate of drug-likeness (QED) is 0.513. The second kappa shape index (κ2) is 6.72. The molecule has 3 heterocycles. The highest BCUT2D eigenvalue weighted by Crippen LogP contribution is 2.23. The maximum absolute atomic E-state index is 10.5. The fraction of sp³-hybridized carbons (Fsp3) is 0.150. The number of hydrogen-bond acceptors (Lipinski definition) is 8. The molecule has 0 aliphatic rings. The molecule has 0 spiro atoms. The number of pyridine rings is 1. The number of nitrogens with two attached hydrogens (primary N) is 1. The molecule has 0 aliphatic heterocycles. The Morgan fingerprint density at radius 1 is 1.14 bits per heavy atom. The molecule has 0 fully saturated rings. The summed E-state index contributed by atoms with van der Waals surface area (Å²) < 4.78 is 5.27. The third-order valence-corrected chi connectivity index (χ3v) is 4.06. The first-order chi connectivity index (χ1) is 13.4. The van der Waals surface area contributed by atoms with Crippen molar-refractivity contribution in [3.63, 3.8) is 0 Å².